The predicted octanol–water partition coefficient (Wildman–Crippen LogP) is 1.82. The van der Waals surface area contributed by atoms with Crippen LogP contribution in [0.3, 0.4) is 0 Å². The summed E-state index contributed by atoms with van der Waals surface area (Å²) >= 11 is 0. The number of aromatic nitrogens is 1. The zero-order valence-electron chi connectivity index (χ0n) is 7.54. The molecule has 0 atom stereocenters. The second kappa shape index (κ2) is 3.83. The smallest absolute Gasteiger partial charge is 0.217 e. The average molecular weight is 180 g/mol. The first-order valence-corrected chi connectivity index (χ1v) is 4.68. The molecule has 1 fully saturated rings. The lowest BCUT2D eigenvalue weighted by Crippen LogP contribution is -2.19. The monoisotopic (exact) mass is 180 g/mol. The lowest BCUT2D eigenvalue weighted by atomic mass is 10.2. The second-order valence-corrected chi connectivity index (χ2v) is 3.44. The molecule has 70 valence electrons. The zero-order chi connectivity index (χ0) is 9.10. The van der Waals surface area contributed by atoms with Crippen LogP contribution >= 0.6 is 0 Å². The van der Waals surface area contributed by atoms with Crippen LogP contribution in [0.2, 0.25) is 0 Å². The molecule has 2 heterocycles. The molecule has 3 heteroatoms. The average Bonchev–Trinajstić information content (AvgIpc) is 2.61. The topological polar surface area (TPSA) is 16.1 Å². The van der Waals surface area contributed by atoms with Crippen molar-refractivity contribution in [1.29, 1.82) is 0 Å². The Bertz CT molecular complexity index is 282. The lowest BCUT2D eigenvalue weighted by Gasteiger charge is -2.14. The molecule has 13 heavy (non-hydrogen) atoms. The molecule has 1 aromatic heterocycles. The Balaban J connectivity index is 2.04. The Morgan fingerprint density at radius 1 is 1.38 bits per heavy atom. The summed E-state index contributed by atoms with van der Waals surface area (Å²) in [5, 5.41) is 0. The van der Waals surface area contributed by atoms with Gasteiger partial charge in [-0.05, 0) is 32.0 Å². The fourth-order valence-electron chi connectivity index (χ4n) is 1.72. The molecule has 0 unspecified atom stereocenters. The summed E-state index contributed by atoms with van der Waals surface area (Å²) in [5.74, 6) is -0.325. The summed E-state index contributed by atoms with van der Waals surface area (Å²) in [5.41, 5.74) is 0.712. The van der Waals surface area contributed by atoms with E-state index in [1.165, 1.54) is 19.0 Å². The molecule has 0 amide bonds. The van der Waals surface area contributed by atoms with Crippen molar-refractivity contribution in [3.05, 3.63) is 29.8 Å². The van der Waals surface area contributed by atoms with Gasteiger partial charge in [-0.25, -0.2) is 4.98 Å². The van der Waals surface area contributed by atoms with Crippen molar-refractivity contribution in [2.45, 2.75) is 19.4 Å². The first kappa shape index (κ1) is 8.63. The Hall–Kier alpha value is -0.960. The summed E-state index contributed by atoms with van der Waals surface area (Å²) in [7, 11) is 0. The Labute approximate surface area is 77.4 Å². The van der Waals surface area contributed by atoms with Crippen molar-refractivity contribution in [2.24, 2.45) is 0 Å². The van der Waals surface area contributed by atoms with E-state index in [1.807, 2.05) is 0 Å². The normalized spacial score (nSPS) is 17.9. The van der Waals surface area contributed by atoms with Gasteiger partial charge >= 0.3 is 0 Å². The molecule has 1 aliphatic heterocycles. The van der Waals surface area contributed by atoms with Gasteiger partial charge < -0.3 is 0 Å². The highest BCUT2D eigenvalue weighted by molar-refractivity contribution is 5.10. The van der Waals surface area contributed by atoms with Crippen LogP contribution in [0.4, 0.5) is 4.39 Å². The minimum atomic E-state index is -0.325. The van der Waals surface area contributed by atoms with Crippen LogP contribution in [0, 0.1) is 5.95 Å². The van der Waals surface area contributed by atoms with Crippen molar-refractivity contribution < 1.29 is 4.39 Å². The molecule has 0 N–H and O–H groups in total. The zero-order valence-corrected chi connectivity index (χ0v) is 7.54. The number of nitrogens with zero attached hydrogens (tertiary/aromatic N) is 2. The van der Waals surface area contributed by atoms with Gasteiger partial charge in [0.1, 0.15) is 0 Å². The highest BCUT2D eigenvalue weighted by Crippen LogP contribution is 2.13. The lowest BCUT2D eigenvalue weighted by molar-refractivity contribution is 0.323. The number of likely N-dealkylation sites (tertiary alicyclic amines) is 1. The van der Waals surface area contributed by atoms with Crippen LogP contribution < -0.4 is 0 Å². The van der Waals surface area contributed by atoms with Crippen LogP contribution in [0.25, 0.3) is 0 Å². The Morgan fingerprint density at radius 3 is 2.85 bits per heavy atom. The van der Waals surface area contributed by atoms with Crippen LogP contribution in [0.15, 0.2) is 18.3 Å². The van der Waals surface area contributed by atoms with Crippen LogP contribution in [0.5, 0.6) is 0 Å². The highest BCUT2D eigenvalue weighted by atomic mass is 19.1. The van der Waals surface area contributed by atoms with Crippen LogP contribution in [-0.2, 0) is 6.54 Å². The number of hydrogen-bond acceptors (Lipinski definition) is 2. The highest BCUT2D eigenvalue weighted by Gasteiger charge is 2.13. The van der Waals surface area contributed by atoms with E-state index < -0.39 is 0 Å². The van der Waals surface area contributed by atoms with Crippen molar-refractivity contribution in [3.8, 4) is 0 Å². The molecule has 0 aliphatic carbocycles. The first-order chi connectivity index (χ1) is 6.36. The molecular formula is C10H13FN2. The summed E-state index contributed by atoms with van der Waals surface area (Å²) in [6.07, 6.45) is 3.96. The maximum absolute atomic E-state index is 13.1. The summed E-state index contributed by atoms with van der Waals surface area (Å²) in [6.45, 7) is 2.89. The van der Waals surface area contributed by atoms with Gasteiger partial charge in [0, 0.05) is 18.3 Å². The van der Waals surface area contributed by atoms with Gasteiger partial charge in [-0.3, -0.25) is 4.90 Å². The van der Waals surface area contributed by atoms with Gasteiger partial charge in [-0.2, -0.15) is 4.39 Å². The van der Waals surface area contributed by atoms with Crippen LogP contribution in [0.1, 0.15) is 18.4 Å². The summed E-state index contributed by atoms with van der Waals surface area (Å²) in [6, 6.07) is 3.59. The van der Waals surface area contributed by atoms with Gasteiger partial charge in [0.25, 0.3) is 0 Å². The maximum atomic E-state index is 13.1. The molecular weight excluding hydrogens is 167 g/mol. The number of rotatable bonds is 2. The van der Waals surface area contributed by atoms with Gasteiger partial charge in [0.15, 0.2) is 0 Å². The summed E-state index contributed by atoms with van der Waals surface area (Å²) < 4.78 is 13.1. The first-order valence-electron chi connectivity index (χ1n) is 4.68. The van der Waals surface area contributed by atoms with Crippen molar-refractivity contribution in [1.82, 2.24) is 9.88 Å². The third-order valence-electron chi connectivity index (χ3n) is 2.43. The van der Waals surface area contributed by atoms with Crippen molar-refractivity contribution in [2.75, 3.05) is 13.1 Å². The minimum Gasteiger partial charge on any atom is -0.299 e. The summed E-state index contributed by atoms with van der Waals surface area (Å²) in [4.78, 5) is 5.89. The molecule has 2 rings (SSSR count). The SMILES string of the molecule is Fc1ncccc1CN1CCCC1. The van der Waals surface area contributed by atoms with Gasteiger partial charge in [-0.15, -0.1) is 0 Å². The fraction of sp³-hybridized carbons (Fsp3) is 0.500. The van der Waals surface area contributed by atoms with E-state index in [2.05, 4.69) is 9.88 Å². The molecule has 0 radical (unpaired) electrons. The second-order valence-electron chi connectivity index (χ2n) is 3.44. The Kier molecular flexibility index (Phi) is 2.54. The van der Waals surface area contributed by atoms with Gasteiger partial charge in [-0.1, -0.05) is 6.07 Å². The van der Waals surface area contributed by atoms with Crippen LogP contribution in [-0.4, -0.2) is 23.0 Å². The third-order valence-corrected chi connectivity index (χ3v) is 2.43. The van der Waals surface area contributed by atoms with Crippen molar-refractivity contribution >= 4 is 0 Å². The van der Waals surface area contributed by atoms with E-state index in [0.717, 1.165) is 13.1 Å². The van der Waals surface area contributed by atoms with Gasteiger partial charge in [0.05, 0.1) is 0 Å². The Morgan fingerprint density at radius 2 is 2.15 bits per heavy atom. The predicted molar refractivity (Wildman–Crippen MR) is 48.7 cm³/mol. The maximum Gasteiger partial charge on any atom is 0.217 e. The largest absolute Gasteiger partial charge is 0.299 e. The van der Waals surface area contributed by atoms with E-state index in [1.54, 1.807) is 12.1 Å². The molecule has 1 saturated heterocycles. The van der Waals surface area contributed by atoms with Gasteiger partial charge in [0.2, 0.25) is 5.95 Å². The van der Waals surface area contributed by atoms with E-state index in [0.29, 0.717) is 12.1 Å². The number of halogens is 1. The third kappa shape index (κ3) is 2.04. The number of pyridine rings is 1. The molecule has 0 saturated carbocycles. The molecule has 2 nitrogen and oxygen atoms in total. The van der Waals surface area contributed by atoms with E-state index in [4.69, 9.17) is 0 Å². The fourth-order valence-corrected chi connectivity index (χ4v) is 1.72. The van der Waals surface area contributed by atoms with E-state index >= 15 is 0 Å². The van der Waals surface area contributed by atoms with Crippen molar-refractivity contribution in [3.63, 3.8) is 0 Å². The molecule has 1 aliphatic rings. The number of hydrogen-bond donors (Lipinski definition) is 0. The molecule has 0 aromatic carbocycles. The molecule has 0 spiro atoms. The molecule has 0 bridgehead atoms. The standard InChI is InChI=1S/C10H13FN2/c11-10-9(4-3-5-12-10)8-13-6-1-2-7-13/h3-5H,1-2,6-8H2. The quantitative estimate of drug-likeness (QED) is 0.645. The molecule has 1 aromatic rings. The minimum absolute atomic E-state index is 0.325. The van der Waals surface area contributed by atoms with E-state index in [-0.39, 0.29) is 5.95 Å². The van der Waals surface area contributed by atoms with E-state index in [9.17, 15) is 4.39 Å².